The molecule has 1 aliphatic heterocycles. The minimum absolute atomic E-state index is 0.462. The fraction of sp³-hybridized carbons (Fsp3) is 0.692. The van der Waals surface area contributed by atoms with Crippen LogP contribution in [0, 0.1) is 5.92 Å². The molecule has 2 nitrogen and oxygen atoms in total. The summed E-state index contributed by atoms with van der Waals surface area (Å²) in [6, 6.07) is 2.59. The summed E-state index contributed by atoms with van der Waals surface area (Å²) in [7, 11) is 2.22. The summed E-state index contributed by atoms with van der Waals surface area (Å²) in [6.07, 6.45) is 2.67. The average Bonchev–Trinajstić information content (AvgIpc) is 2.74. The van der Waals surface area contributed by atoms with Crippen LogP contribution in [0.25, 0.3) is 0 Å². The molecule has 1 atom stereocenters. The maximum absolute atomic E-state index is 3.67. The van der Waals surface area contributed by atoms with Crippen LogP contribution in [0.1, 0.15) is 30.7 Å². The molecule has 0 radical (unpaired) electrons. The van der Waals surface area contributed by atoms with Gasteiger partial charge in [-0.2, -0.15) is 0 Å². The van der Waals surface area contributed by atoms with Crippen molar-refractivity contribution in [1.82, 2.24) is 10.2 Å². The van der Waals surface area contributed by atoms with Gasteiger partial charge in [-0.1, -0.05) is 0 Å². The summed E-state index contributed by atoms with van der Waals surface area (Å²) in [5, 5.41) is 5.82. The molecule has 0 spiro atoms. The summed E-state index contributed by atoms with van der Waals surface area (Å²) in [5.74, 6) is 0.854. The number of hydrogen-bond donors (Lipinski definition) is 1. The molecule has 1 aromatic heterocycles. The first-order valence-electron chi connectivity index (χ1n) is 6.31. The second-order valence-electron chi connectivity index (χ2n) is 5.01. The van der Waals surface area contributed by atoms with E-state index in [-0.39, 0.29) is 0 Å². The third kappa shape index (κ3) is 3.78. The Morgan fingerprint density at radius 3 is 2.82 bits per heavy atom. The van der Waals surface area contributed by atoms with E-state index in [1.807, 2.05) is 11.3 Å². The zero-order valence-electron chi connectivity index (χ0n) is 10.6. The fourth-order valence-corrected chi connectivity index (χ4v) is 4.07. The minimum atomic E-state index is 0.462. The predicted molar refractivity (Wildman–Crippen MR) is 78.7 cm³/mol. The highest BCUT2D eigenvalue weighted by atomic mass is 79.9. The van der Waals surface area contributed by atoms with Crippen LogP contribution in [0.15, 0.2) is 15.9 Å². The van der Waals surface area contributed by atoms with Crippen LogP contribution in [-0.4, -0.2) is 31.6 Å². The number of rotatable bonds is 4. The third-order valence-electron chi connectivity index (χ3n) is 3.59. The van der Waals surface area contributed by atoms with Crippen LogP contribution in [0.3, 0.4) is 0 Å². The van der Waals surface area contributed by atoms with Crippen LogP contribution in [0.4, 0.5) is 0 Å². The van der Waals surface area contributed by atoms with E-state index >= 15 is 0 Å². The minimum Gasteiger partial charge on any atom is -0.309 e. The van der Waals surface area contributed by atoms with Gasteiger partial charge in [0.25, 0.3) is 0 Å². The van der Waals surface area contributed by atoms with E-state index < -0.39 is 0 Å². The predicted octanol–water partition coefficient (Wildman–Crippen LogP) is 3.50. The van der Waals surface area contributed by atoms with Gasteiger partial charge in [0.15, 0.2) is 0 Å². The van der Waals surface area contributed by atoms with E-state index in [2.05, 4.69) is 51.6 Å². The number of piperidine rings is 1. The Morgan fingerprint density at radius 2 is 2.24 bits per heavy atom. The molecule has 17 heavy (non-hydrogen) atoms. The van der Waals surface area contributed by atoms with Gasteiger partial charge in [-0.05, 0) is 79.7 Å². The fourth-order valence-electron chi connectivity index (χ4n) is 2.32. The zero-order chi connectivity index (χ0) is 12.3. The normalized spacial score (nSPS) is 20.6. The van der Waals surface area contributed by atoms with E-state index in [1.165, 1.54) is 35.3 Å². The molecule has 2 rings (SSSR count). The topological polar surface area (TPSA) is 15.3 Å². The van der Waals surface area contributed by atoms with Crippen molar-refractivity contribution in [3.63, 3.8) is 0 Å². The highest BCUT2D eigenvalue weighted by Crippen LogP contribution is 2.29. The van der Waals surface area contributed by atoms with Gasteiger partial charge < -0.3 is 10.2 Å². The van der Waals surface area contributed by atoms with Crippen molar-refractivity contribution in [3.8, 4) is 0 Å². The molecule has 0 aliphatic carbocycles. The van der Waals surface area contributed by atoms with E-state index in [1.54, 1.807) is 0 Å². The van der Waals surface area contributed by atoms with E-state index in [0.29, 0.717) is 6.04 Å². The van der Waals surface area contributed by atoms with Crippen molar-refractivity contribution < 1.29 is 0 Å². The molecule has 1 unspecified atom stereocenters. The lowest BCUT2D eigenvalue weighted by atomic mass is 9.97. The smallest absolute Gasteiger partial charge is 0.0397 e. The van der Waals surface area contributed by atoms with Crippen LogP contribution in [0.5, 0.6) is 0 Å². The molecule has 1 fully saturated rings. The highest BCUT2D eigenvalue weighted by molar-refractivity contribution is 9.10. The van der Waals surface area contributed by atoms with Crippen molar-refractivity contribution >= 4 is 27.3 Å². The van der Waals surface area contributed by atoms with Gasteiger partial charge in [0.05, 0.1) is 0 Å². The summed E-state index contributed by atoms with van der Waals surface area (Å²) in [4.78, 5) is 3.84. The lowest BCUT2D eigenvalue weighted by Gasteiger charge is -2.29. The quantitative estimate of drug-likeness (QED) is 0.914. The lowest BCUT2D eigenvalue weighted by molar-refractivity contribution is 0.213. The van der Waals surface area contributed by atoms with Gasteiger partial charge in [-0.25, -0.2) is 0 Å². The molecule has 1 N–H and O–H groups in total. The molecule has 96 valence electrons. The maximum atomic E-state index is 3.67. The monoisotopic (exact) mass is 316 g/mol. The van der Waals surface area contributed by atoms with Crippen LogP contribution < -0.4 is 5.32 Å². The van der Waals surface area contributed by atoms with Crippen molar-refractivity contribution in [3.05, 3.63) is 20.8 Å². The molecule has 0 aromatic carbocycles. The Hall–Kier alpha value is 0.100. The molecule has 0 amide bonds. The lowest BCUT2D eigenvalue weighted by Crippen LogP contribution is -2.35. The Kier molecular flexibility index (Phi) is 5.03. The van der Waals surface area contributed by atoms with E-state index in [0.717, 1.165) is 12.5 Å². The Labute approximate surface area is 117 Å². The molecule has 1 aliphatic rings. The van der Waals surface area contributed by atoms with E-state index in [9.17, 15) is 0 Å². The number of hydrogen-bond acceptors (Lipinski definition) is 3. The van der Waals surface area contributed by atoms with Gasteiger partial charge in [0.1, 0.15) is 0 Å². The molecule has 0 bridgehead atoms. The average molecular weight is 317 g/mol. The SMILES string of the molecule is CC(NCC1CCN(C)CC1)c1sccc1Br. The molecule has 1 saturated heterocycles. The number of thiophene rings is 1. The van der Waals surface area contributed by atoms with Gasteiger partial charge in [0, 0.05) is 15.4 Å². The summed E-state index contributed by atoms with van der Waals surface area (Å²) in [6.45, 7) is 5.91. The van der Waals surface area contributed by atoms with Crippen LogP contribution in [0.2, 0.25) is 0 Å². The van der Waals surface area contributed by atoms with Crippen molar-refractivity contribution in [2.24, 2.45) is 5.92 Å². The first-order valence-corrected chi connectivity index (χ1v) is 7.99. The molecule has 1 aromatic rings. The Balaban J connectivity index is 1.77. The van der Waals surface area contributed by atoms with Gasteiger partial charge in [0.2, 0.25) is 0 Å². The van der Waals surface area contributed by atoms with E-state index in [4.69, 9.17) is 0 Å². The maximum Gasteiger partial charge on any atom is 0.0397 e. The largest absolute Gasteiger partial charge is 0.309 e. The van der Waals surface area contributed by atoms with Crippen molar-refractivity contribution in [1.29, 1.82) is 0 Å². The zero-order valence-corrected chi connectivity index (χ0v) is 13.0. The first kappa shape index (κ1) is 13.5. The number of nitrogens with one attached hydrogen (secondary N) is 1. The van der Waals surface area contributed by atoms with Gasteiger partial charge in [-0.15, -0.1) is 11.3 Å². The Bertz CT molecular complexity index is 345. The highest BCUT2D eigenvalue weighted by Gasteiger charge is 2.18. The summed E-state index contributed by atoms with van der Waals surface area (Å²) < 4.78 is 1.24. The molecule has 2 heterocycles. The summed E-state index contributed by atoms with van der Waals surface area (Å²) in [5.41, 5.74) is 0. The summed E-state index contributed by atoms with van der Waals surface area (Å²) >= 11 is 5.43. The second kappa shape index (κ2) is 6.32. The van der Waals surface area contributed by atoms with Crippen LogP contribution in [-0.2, 0) is 0 Å². The number of halogens is 1. The molecule has 0 saturated carbocycles. The first-order chi connectivity index (χ1) is 8.16. The molecular formula is C13H21BrN2S. The van der Waals surface area contributed by atoms with Gasteiger partial charge in [-0.3, -0.25) is 0 Å². The second-order valence-corrected chi connectivity index (χ2v) is 6.81. The van der Waals surface area contributed by atoms with Gasteiger partial charge >= 0.3 is 0 Å². The van der Waals surface area contributed by atoms with Crippen LogP contribution >= 0.6 is 27.3 Å². The van der Waals surface area contributed by atoms with Crippen molar-refractivity contribution in [2.45, 2.75) is 25.8 Å². The number of nitrogens with zero attached hydrogens (tertiary/aromatic N) is 1. The standard InChI is InChI=1S/C13H21BrN2S/c1-10(13-12(14)5-8-17-13)15-9-11-3-6-16(2)7-4-11/h5,8,10-11,15H,3-4,6-7,9H2,1-2H3. The third-order valence-corrected chi connectivity index (χ3v) is 5.64. The number of likely N-dealkylation sites (tertiary alicyclic amines) is 1. The molecule has 4 heteroatoms. The van der Waals surface area contributed by atoms with Crippen molar-refractivity contribution in [2.75, 3.05) is 26.7 Å². The Morgan fingerprint density at radius 1 is 1.53 bits per heavy atom. The molecular weight excluding hydrogens is 296 g/mol.